The van der Waals surface area contributed by atoms with Crippen molar-refractivity contribution in [3.63, 3.8) is 0 Å². The third-order valence-electron chi connectivity index (χ3n) is 6.90. The zero-order valence-corrected chi connectivity index (χ0v) is 26.3. The monoisotopic (exact) mass is 636 g/mol. The lowest BCUT2D eigenvalue weighted by Gasteiger charge is -2.22. The van der Waals surface area contributed by atoms with Crippen LogP contribution in [0.15, 0.2) is 52.1 Å². The molecule has 0 saturated heterocycles. The molecule has 0 aliphatic rings. The Kier molecular flexibility index (Phi) is 10.5. The van der Waals surface area contributed by atoms with Gasteiger partial charge < -0.3 is 19.5 Å². The van der Waals surface area contributed by atoms with Crippen LogP contribution >= 0.6 is 11.3 Å². The fourth-order valence-electron chi connectivity index (χ4n) is 4.92. The summed E-state index contributed by atoms with van der Waals surface area (Å²) in [5.41, 5.74) is -0.860. The summed E-state index contributed by atoms with van der Waals surface area (Å²) in [5, 5.41) is 12.0. The van der Waals surface area contributed by atoms with E-state index in [0.29, 0.717) is 5.56 Å². The Hall–Kier alpha value is -4.80. The minimum absolute atomic E-state index is 0.0153. The second kappa shape index (κ2) is 14.3. The average molecular weight is 637 g/mol. The molecule has 4 aromatic rings. The van der Waals surface area contributed by atoms with Gasteiger partial charge in [0.05, 0.1) is 56.0 Å². The number of halogens is 1. The number of amides is 1. The van der Waals surface area contributed by atoms with Crippen molar-refractivity contribution in [2.24, 2.45) is 0 Å². The number of nitrogens with one attached hydrogen (secondary N) is 1. The van der Waals surface area contributed by atoms with Gasteiger partial charge >= 0.3 is 11.7 Å². The van der Waals surface area contributed by atoms with Crippen molar-refractivity contribution in [2.45, 2.75) is 52.8 Å². The van der Waals surface area contributed by atoms with Crippen molar-refractivity contribution in [3.05, 3.63) is 90.7 Å². The van der Waals surface area contributed by atoms with Crippen molar-refractivity contribution in [2.75, 3.05) is 20.3 Å². The summed E-state index contributed by atoms with van der Waals surface area (Å²) in [6, 6.07) is 11.8. The zero-order chi connectivity index (χ0) is 32.8. The number of methoxy groups -OCH3 is 1. The summed E-state index contributed by atoms with van der Waals surface area (Å²) in [6.45, 7) is 6.58. The highest BCUT2D eigenvalue weighted by Crippen LogP contribution is 2.33. The normalized spacial score (nSPS) is 11.8. The van der Waals surface area contributed by atoms with Crippen LogP contribution in [0.3, 0.4) is 0 Å². The van der Waals surface area contributed by atoms with Crippen LogP contribution in [-0.2, 0) is 16.0 Å². The molecule has 2 aromatic carbocycles. The Morgan fingerprint density at radius 2 is 1.89 bits per heavy atom. The third-order valence-corrected chi connectivity index (χ3v) is 8.20. The van der Waals surface area contributed by atoms with Gasteiger partial charge in [0.2, 0.25) is 0 Å². The summed E-state index contributed by atoms with van der Waals surface area (Å²) < 4.78 is 33.3. The van der Waals surface area contributed by atoms with E-state index in [1.807, 2.05) is 6.07 Å². The molecular weight excluding hydrogens is 603 g/mol. The first-order valence-electron chi connectivity index (χ1n) is 14.2. The molecule has 2 heterocycles. The van der Waals surface area contributed by atoms with Crippen LogP contribution in [0.5, 0.6) is 5.75 Å². The van der Waals surface area contributed by atoms with Gasteiger partial charge in [-0.05, 0) is 63.6 Å². The van der Waals surface area contributed by atoms with E-state index in [-0.39, 0.29) is 69.9 Å². The highest BCUT2D eigenvalue weighted by molar-refractivity contribution is 7.20. The standard InChI is InChI=1S/C32H33FN4O7S/c1-6-43-31(40)27-19(4)26-29(39)37(23-11-8-7-10-21(23)28(38)35-18(2)3)32(41)36(30(26)45-27)17-25(44-15-9-14-34)22-16-20(33)12-13-24(22)42-5/h7-8,10-13,16,18,25H,6,9,15,17H2,1-5H3,(H,35,38). The van der Waals surface area contributed by atoms with Crippen LogP contribution in [0, 0.1) is 24.1 Å². The van der Waals surface area contributed by atoms with Crippen molar-refractivity contribution in [1.82, 2.24) is 14.5 Å². The Morgan fingerprint density at radius 3 is 2.56 bits per heavy atom. The van der Waals surface area contributed by atoms with Crippen molar-refractivity contribution < 1.29 is 28.2 Å². The molecule has 1 unspecified atom stereocenters. The summed E-state index contributed by atoms with van der Waals surface area (Å²) >= 11 is 0.911. The van der Waals surface area contributed by atoms with E-state index in [0.717, 1.165) is 15.9 Å². The number of thiophene rings is 1. The number of benzene rings is 2. The van der Waals surface area contributed by atoms with E-state index in [1.165, 1.54) is 42.0 Å². The van der Waals surface area contributed by atoms with Gasteiger partial charge in [-0.3, -0.25) is 14.2 Å². The van der Waals surface area contributed by atoms with Crippen LogP contribution < -0.4 is 21.3 Å². The highest BCUT2D eigenvalue weighted by atomic mass is 32.1. The number of nitrogens with zero attached hydrogens (tertiary/aromatic N) is 3. The van der Waals surface area contributed by atoms with Gasteiger partial charge in [0.15, 0.2) is 0 Å². The number of hydrogen-bond acceptors (Lipinski definition) is 9. The van der Waals surface area contributed by atoms with Gasteiger partial charge in [-0.2, -0.15) is 5.26 Å². The third kappa shape index (κ3) is 6.82. The number of fused-ring (bicyclic) bond motifs is 1. The number of aryl methyl sites for hydroxylation is 1. The molecule has 45 heavy (non-hydrogen) atoms. The maximum Gasteiger partial charge on any atom is 0.348 e. The number of hydrogen-bond donors (Lipinski definition) is 1. The molecule has 1 N–H and O–H groups in total. The van der Waals surface area contributed by atoms with Crippen LogP contribution in [0.25, 0.3) is 15.9 Å². The Labute approximate surface area is 262 Å². The molecule has 11 nitrogen and oxygen atoms in total. The maximum atomic E-state index is 14.5. The molecular formula is C32H33FN4O7S. The molecule has 236 valence electrons. The molecule has 4 rings (SSSR count). The van der Waals surface area contributed by atoms with Crippen molar-refractivity contribution in [1.29, 1.82) is 5.26 Å². The molecule has 0 fully saturated rings. The molecule has 13 heteroatoms. The fraction of sp³-hybridized carbons (Fsp3) is 0.344. The molecule has 0 saturated carbocycles. The average Bonchev–Trinajstić information content (AvgIpc) is 3.35. The minimum atomic E-state index is -1.02. The van der Waals surface area contributed by atoms with Crippen LogP contribution in [-0.4, -0.2) is 47.4 Å². The Balaban J connectivity index is 2.06. The lowest BCUT2D eigenvalue weighted by Crippen LogP contribution is -2.41. The first-order valence-corrected chi connectivity index (χ1v) is 15.0. The number of rotatable bonds is 12. The van der Waals surface area contributed by atoms with E-state index in [1.54, 1.807) is 39.8 Å². The quantitative estimate of drug-likeness (QED) is 0.175. The number of carbonyl (C=O) groups is 2. The minimum Gasteiger partial charge on any atom is -0.496 e. The molecule has 0 aliphatic heterocycles. The second-order valence-corrected chi connectivity index (χ2v) is 11.3. The zero-order valence-electron chi connectivity index (χ0n) is 25.5. The van der Waals surface area contributed by atoms with E-state index in [4.69, 9.17) is 19.5 Å². The summed E-state index contributed by atoms with van der Waals surface area (Å²) in [4.78, 5) is 54.9. The van der Waals surface area contributed by atoms with E-state index >= 15 is 0 Å². The first kappa shape index (κ1) is 33.1. The Bertz CT molecular complexity index is 1900. The maximum absolute atomic E-state index is 14.5. The molecule has 1 amide bonds. The highest BCUT2D eigenvalue weighted by Gasteiger charge is 2.28. The number of ether oxygens (including phenoxy) is 3. The van der Waals surface area contributed by atoms with Crippen molar-refractivity contribution in [3.8, 4) is 17.5 Å². The van der Waals surface area contributed by atoms with Gasteiger partial charge in [0, 0.05) is 11.6 Å². The Morgan fingerprint density at radius 1 is 1.16 bits per heavy atom. The van der Waals surface area contributed by atoms with Crippen LogP contribution in [0.2, 0.25) is 0 Å². The van der Waals surface area contributed by atoms with E-state index in [9.17, 15) is 23.6 Å². The number of aromatic nitrogens is 2. The number of para-hydroxylation sites is 1. The largest absolute Gasteiger partial charge is 0.496 e. The predicted molar refractivity (Wildman–Crippen MR) is 167 cm³/mol. The van der Waals surface area contributed by atoms with Gasteiger partial charge in [0.25, 0.3) is 11.5 Å². The number of carbonyl (C=O) groups excluding carboxylic acids is 2. The van der Waals surface area contributed by atoms with Crippen LogP contribution in [0.1, 0.15) is 64.5 Å². The van der Waals surface area contributed by atoms with Gasteiger partial charge in [0.1, 0.15) is 27.4 Å². The molecule has 2 aromatic heterocycles. The fourth-order valence-corrected chi connectivity index (χ4v) is 6.12. The summed E-state index contributed by atoms with van der Waals surface area (Å²) in [5.74, 6) is -1.45. The number of nitriles is 1. The van der Waals surface area contributed by atoms with Crippen LogP contribution in [0.4, 0.5) is 4.39 Å². The molecule has 0 bridgehead atoms. The van der Waals surface area contributed by atoms with E-state index in [2.05, 4.69) is 5.32 Å². The summed E-state index contributed by atoms with van der Waals surface area (Å²) in [6.07, 6.45) is -1.01. The molecule has 0 aliphatic carbocycles. The van der Waals surface area contributed by atoms with Gasteiger partial charge in [-0.15, -0.1) is 11.3 Å². The summed E-state index contributed by atoms with van der Waals surface area (Å²) in [7, 11) is 1.40. The lowest BCUT2D eigenvalue weighted by molar-refractivity contribution is 0.0422. The lowest BCUT2D eigenvalue weighted by atomic mass is 10.1. The predicted octanol–water partition coefficient (Wildman–Crippen LogP) is 4.66. The molecule has 1 atom stereocenters. The molecule has 0 radical (unpaired) electrons. The smallest absolute Gasteiger partial charge is 0.348 e. The van der Waals surface area contributed by atoms with Gasteiger partial charge in [-0.25, -0.2) is 18.5 Å². The SMILES string of the molecule is CCOC(=O)c1sc2c(c1C)c(=O)n(-c1ccccc1C(=O)NC(C)C)c(=O)n2CC(OCCC#N)c1cc(F)ccc1OC. The van der Waals surface area contributed by atoms with E-state index < -0.39 is 35.0 Å². The molecule has 0 spiro atoms. The number of esters is 1. The first-order chi connectivity index (χ1) is 21.5. The van der Waals surface area contributed by atoms with Gasteiger partial charge in [-0.1, -0.05) is 12.1 Å². The topological polar surface area (TPSA) is 142 Å². The van der Waals surface area contributed by atoms with Crippen molar-refractivity contribution >= 4 is 33.4 Å². The second-order valence-electron chi connectivity index (χ2n) is 10.3.